The monoisotopic (exact) mass is 779 g/mol. The number of thiocarbonyl (C=S) groups is 1. The lowest BCUT2D eigenvalue weighted by Crippen LogP contribution is -2.66. The van der Waals surface area contributed by atoms with Crippen molar-refractivity contribution in [3.05, 3.63) is 40.4 Å². The van der Waals surface area contributed by atoms with E-state index in [0.29, 0.717) is 35.5 Å². The van der Waals surface area contributed by atoms with Crippen molar-refractivity contribution in [2.75, 3.05) is 31.5 Å². The Morgan fingerprint density at radius 1 is 0.902 bits per heavy atom. The summed E-state index contributed by atoms with van der Waals surface area (Å²) < 4.78 is 7.00. The van der Waals surface area contributed by atoms with Crippen LogP contribution in [0.15, 0.2) is 40.4 Å². The van der Waals surface area contributed by atoms with Crippen LogP contribution in [0.4, 0.5) is 5.69 Å². The Kier molecular flexibility index (Phi) is 9.62. The number of carbonyl (C=O) groups excluding carboxylic acids is 2. The van der Waals surface area contributed by atoms with Gasteiger partial charge in [-0.1, -0.05) is 82.1 Å². The van der Waals surface area contributed by atoms with E-state index in [1.807, 2.05) is 24.3 Å². The van der Waals surface area contributed by atoms with Crippen LogP contribution in [-0.4, -0.2) is 59.1 Å². The minimum atomic E-state index is -0.317. The Hall–Kier alpha value is -1.93. The van der Waals surface area contributed by atoms with Crippen molar-refractivity contribution in [2.45, 2.75) is 119 Å². The number of halogens is 1. The van der Waals surface area contributed by atoms with Gasteiger partial charge in [0.2, 0.25) is 5.91 Å². The van der Waals surface area contributed by atoms with Gasteiger partial charge < -0.3 is 19.9 Å². The first-order valence-corrected chi connectivity index (χ1v) is 21.2. The number of hydrogen-bond donors (Lipinski definition) is 1. The number of nitrogens with one attached hydrogen (secondary N) is 1. The molecule has 4 saturated carbocycles. The zero-order chi connectivity index (χ0) is 36.7. The van der Waals surface area contributed by atoms with Crippen molar-refractivity contribution in [3.63, 3.8) is 0 Å². The number of fused-ring (bicyclic) bond motifs is 7. The highest BCUT2D eigenvalue weighted by molar-refractivity contribution is 9.10. The molecule has 7 rings (SSSR count). The van der Waals surface area contributed by atoms with Gasteiger partial charge in [0.15, 0.2) is 5.11 Å². The SMILES string of the molecule is CC(=O)O[C@H]1CC[C@]2(C)[C@H]3CC=C4[C@@H]5[C@@H](C)[C@H](C)CC[C@]5(C(=O)N5CCN(C(=S)Nc6cccc(Br)c6)CC5)CC[C@@]4(C)[C@]3(C)CC[C@H]2C1(C)C. The highest BCUT2D eigenvalue weighted by Gasteiger charge is 2.70. The normalized spacial score (nSPS) is 41.5. The molecule has 280 valence electrons. The van der Waals surface area contributed by atoms with Gasteiger partial charge in [-0.2, -0.15) is 0 Å². The van der Waals surface area contributed by atoms with Crippen LogP contribution in [0.1, 0.15) is 113 Å². The minimum Gasteiger partial charge on any atom is -0.462 e. The third-order valence-corrected chi connectivity index (χ3v) is 17.4. The molecular formula is C43H62BrN3O3S. The molecule has 8 heteroatoms. The van der Waals surface area contributed by atoms with Gasteiger partial charge in [-0.15, -0.1) is 0 Å². The number of carbonyl (C=O) groups is 2. The summed E-state index contributed by atoms with van der Waals surface area (Å²) in [5.41, 5.74) is 2.68. The predicted molar refractivity (Wildman–Crippen MR) is 213 cm³/mol. The molecular weight excluding hydrogens is 718 g/mol. The van der Waals surface area contributed by atoms with E-state index in [1.54, 1.807) is 12.5 Å². The molecule has 5 fully saturated rings. The second-order valence-corrected chi connectivity index (χ2v) is 20.3. The van der Waals surface area contributed by atoms with Crippen LogP contribution in [0.3, 0.4) is 0 Å². The summed E-state index contributed by atoms with van der Waals surface area (Å²) in [6, 6.07) is 8.09. The van der Waals surface area contributed by atoms with Gasteiger partial charge in [0.25, 0.3) is 0 Å². The molecule has 0 unspecified atom stereocenters. The Bertz CT molecular complexity index is 1600. The predicted octanol–water partition coefficient (Wildman–Crippen LogP) is 9.88. The van der Waals surface area contributed by atoms with Crippen LogP contribution >= 0.6 is 28.1 Å². The van der Waals surface area contributed by atoms with Gasteiger partial charge >= 0.3 is 5.97 Å². The first kappa shape index (κ1) is 37.4. The molecule has 6 aliphatic rings. The molecule has 1 saturated heterocycles. The van der Waals surface area contributed by atoms with E-state index < -0.39 is 0 Å². The van der Waals surface area contributed by atoms with Crippen LogP contribution < -0.4 is 5.32 Å². The van der Waals surface area contributed by atoms with Gasteiger partial charge in [0.1, 0.15) is 6.10 Å². The number of anilines is 1. The third-order valence-electron chi connectivity index (χ3n) is 16.6. The van der Waals surface area contributed by atoms with Crippen LogP contribution in [0.25, 0.3) is 0 Å². The highest BCUT2D eigenvalue weighted by Crippen LogP contribution is 2.76. The number of benzene rings is 1. The Labute approximate surface area is 321 Å². The molecule has 10 atom stereocenters. The highest BCUT2D eigenvalue weighted by atomic mass is 79.9. The van der Waals surface area contributed by atoms with E-state index in [2.05, 4.69) is 85.6 Å². The van der Waals surface area contributed by atoms with E-state index in [4.69, 9.17) is 17.0 Å². The molecule has 6 nitrogen and oxygen atoms in total. The summed E-state index contributed by atoms with van der Waals surface area (Å²) in [7, 11) is 0. The van der Waals surface area contributed by atoms with E-state index in [1.165, 1.54) is 12.8 Å². The number of allylic oxidation sites excluding steroid dienone is 2. The summed E-state index contributed by atoms with van der Waals surface area (Å²) in [5, 5.41) is 4.14. The summed E-state index contributed by atoms with van der Waals surface area (Å²) in [5.74, 6) is 2.74. The van der Waals surface area contributed by atoms with Crippen LogP contribution in [0, 0.1) is 56.7 Å². The summed E-state index contributed by atoms with van der Waals surface area (Å²) in [6.45, 7) is 22.0. The van der Waals surface area contributed by atoms with E-state index >= 15 is 4.79 Å². The molecule has 1 N–H and O–H groups in total. The lowest BCUT2D eigenvalue weighted by Gasteiger charge is -2.71. The molecule has 51 heavy (non-hydrogen) atoms. The summed E-state index contributed by atoms with van der Waals surface area (Å²) in [6.07, 6.45) is 12.5. The lowest BCUT2D eigenvalue weighted by atomic mass is 9.33. The molecule has 0 radical (unpaired) electrons. The molecule has 1 heterocycles. The second-order valence-electron chi connectivity index (χ2n) is 19.0. The number of esters is 1. The molecule has 1 aromatic carbocycles. The smallest absolute Gasteiger partial charge is 0.302 e. The molecule has 0 spiro atoms. The molecule has 1 aliphatic heterocycles. The maximum absolute atomic E-state index is 15.1. The van der Waals surface area contributed by atoms with Gasteiger partial charge in [-0.25, -0.2) is 0 Å². The number of ether oxygens (including phenoxy) is 1. The summed E-state index contributed by atoms with van der Waals surface area (Å²) in [4.78, 5) is 31.7. The van der Waals surface area contributed by atoms with Crippen LogP contribution in [0.2, 0.25) is 0 Å². The number of nitrogens with zero attached hydrogens (tertiary/aromatic N) is 2. The largest absolute Gasteiger partial charge is 0.462 e. The maximum Gasteiger partial charge on any atom is 0.302 e. The quantitative estimate of drug-likeness (QED) is 0.187. The maximum atomic E-state index is 15.1. The lowest BCUT2D eigenvalue weighted by molar-refractivity contribution is -0.213. The summed E-state index contributed by atoms with van der Waals surface area (Å²) >= 11 is 9.39. The number of amides is 1. The number of rotatable bonds is 3. The van der Waals surface area contributed by atoms with E-state index in [9.17, 15) is 4.79 Å². The van der Waals surface area contributed by atoms with Crippen molar-refractivity contribution < 1.29 is 14.3 Å². The molecule has 0 aromatic heterocycles. The topological polar surface area (TPSA) is 61.9 Å². The fraction of sp³-hybridized carbons (Fsp3) is 0.744. The number of piperazine rings is 1. The standard InChI is InChI=1S/C43H62BrN3O3S/c1-27-14-19-43(37(49)46-22-24-47(25-23-46)38(51)45-31-11-9-10-30(44)26-31)21-20-41(7)32(36(43)28(27)2)12-13-34-40(6)17-16-35(50-29(3)48)39(4,5)33(40)15-18-42(34,41)8/h9-12,26-28,33-36H,13-25H2,1-8H3,(H,45,51)/t27-,28+,33+,34-,35+,36+,40+,41-,42-,43+/m1/s1. The first-order valence-electron chi connectivity index (χ1n) is 20.0. The number of hydrogen-bond acceptors (Lipinski definition) is 4. The van der Waals surface area contributed by atoms with E-state index in [-0.39, 0.29) is 39.1 Å². The second kappa shape index (κ2) is 13.1. The Balaban J connectivity index is 1.14. The van der Waals surface area contributed by atoms with Crippen LogP contribution in [0.5, 0.6) is 0 Å². The van der Waals surface area contributed by atoms with Gasteiger partial charge in [-0.3, -0.25) is 9.59 Å². The van der Waals surface area contributed by atoms with Gasteiger partial charge in [-0.05, 0) is 134 Å². The average molecular weight is 781 g/mol. The fourth-order valence-electron chi connectivity index (χ4n) is 13.4. The van der Waals surface area contributed by atoms with Gasteiger partial charge in [0.05, 0.1) is 5.41 Å². The van der Waals surface area contributed by atoms with Crippen molar-refractivity contribution in [1.82, 2.24) is 9.80 Å². The zero-order valence-electron chi connectivity index (χ0n) is 32.4. The molecule has 0 bridgehead atoms. The van der Waals surface area contributed by atoms with Crippen molar-refractivity contribution in [1.29, 1.82) is 0 Å². The van der Waals surface area contributed by atoms with Crippen molar-refractivity contribution in [3.8, 4) is 0 Å². The van der Waals surface area contributed by atoms with Gasteiger partial charge in [0, 0.05) is 48.7 Å². The van der Waals surface area contributed by atoms with Crippen LogP contribution in [-0.2, 0) is 14.3 Å². The Morgan fingerprint density at radius 2 is 1.61 bits per heavy atom. The fourth-order valence-corrected chi connectivity index (χ4v) is 14.1. The van der Waals surface area contributed by atoms with Crippen molar-refractivity contribution >= 4 is 50.8 Å². The third kappa shape index (κ3) is 5.76. The Morgan fingerprint density at radius 3 is 2.29 bits per heavy atom. The average Bonchev–Trinajstić information content (AvgIpc) is 3.07. The first-order chi connectivity index (χ1) is 24.0. The van der Waals surface area contributed by atoms with E-state index in [0.717, 1.165) is 86.4 Å². The molecule has 5 aliphatic carbocycles. The van der Waals surface area contributed by atoms with Crippen molar-refractivity contribution in [2.24, 2.45) is 56.7 Å². The molecule has 1 amide bonds. The minimum absolute atomic E-state index is 0.00593. The molecule has 1 aromatic rings. The zero-order valence-corrected chi connectivity index (χ0v) is 34.9.